The van der Waals surface area contributed by atoms with Crippen LogP contribution in [0.15, 0.2) is 10.8 Å². The van der Waals surface area contributed by atoms with Crippen LogP contribution in [0.3, 0.4) is 0 Å². The van der Waals surface area contributed by atoms with E-state index in [4.69, 9.17) is 4.98 Å². The van der Waals surface area contributed by atoms with E-state index in [1.54, 1.807) is 11.3 Å². The lowest BCUT2D eigenvalue weighted by molar-refractivity contribution is 0.623. The monoisotopic (exact) mass is 308 g/mol. The predicted octanol–water partition coefficient (Wildman–Crippen LogP) is 4.88. The third-order valence-corrected chi connectivity index (χ3v) is 5.17. The van der Waals surface area contributed by atoms with Gasteiger partial charge in [-0.3, -0.25) is 0 Å². The highest BCUT2D eigenvalue weighted by Gasteiger charge is 2.15. The number of nitrogens with one attached hydrogen (secondary N) is 1. The van der Waals surface area contributed by atoms with Crippen molar-refractivity contribution in [3.05, 3.63) is 26.9 Å². The molecule has 2 aromatic rings. The van der Waals surface area contributed by atoms with Crippen LogP contribution < -0.4 is 5.32 Å². The summed E-state index contributed by atoms with van der Waals surface area (Å²) in [4.78, 5) is 6.33. The van der Waals surface area contributed by atoms with Gasteiger partial charge in [0.15, 0.2) is 0 Å². The summed E-state index contributed by atoms with van der Waals surface area (Å²) in [6.07, 6.45) is 2.25. The van der Waals surface area contributed by atoms with Crippen molar-refractivity contribution in [1.29, 1.82) is 0 Å². The molecule has 2 heterocycles. The third kappa shape index (κ3) is 3.90. The Hall–Kier alpha value is -0.710. The number of hydrogen-bond acceptors (Lipinski definition) is 4. The average molecular weight is 309 g/mol. The van der Waals surface area contributed by atoms with E-state index in [1.165, 1.54) is 33.1 Å². The molecule has 0 fully saturated rings. The largest absolute Gasteiger partial charge is 0.312 e. The number of rotatable bonds is 7. The summed E-state index contributed by atoms with van der Waals surface area (Å²) in [5.74, 6) is 0.651. The van der Waals surface area contributed by atoms with E-state index in [-0.39, 0.29) is 0 Å². The van der Waals surface area contributed by atoms with E-state index in [2.05, 4.69) is 43.8 Å². The summed E-state index contributed by atoms with van der Waals surface area (Å²) in [7, 11) is 0. The molecule has 0 aromatic carbocycles. The molecule has 0 saturated carbocycles. The zero-order valence-electron chi connectivity index (χ0n) is 12.8. The fourth-order valence-electron chi connectivity index (χ4n) is 2.14. The van der Waals surface area contributed by atoms with Crippen molar-refractivity contribution in [2.45, 2.75) is 47.1 Å². The zero-order chi connectivity index (χ0) is 14.5. The Morgan fingerprint density at radius 3 is 2.70 bits per heavy atom. The molecule has 0 aliphatic rings. The highest BCUT2D eigenvalue weighted by atomic mass is 32.1. The minimum atomic E-state index is 0.651. The smallest absolute Gasteiger partial charge is 0.125 e. The van der Waals surface area contributed by atoms with E-state index in [0.29, 0.717) is 5.92 Å². The Balaban J connectivity index is 2.24. The Morgan fingerprint density at radius 2 is 2.10 bits per heavy atom. The highest BCUT2D eigenvalue weighted by molar-refractivity contribution is 7.15. The summed E-state index contributed by atoms with van der Waals surface area (Å²) < 4.78 is 0. The van der Waals surface area contributed by atoms with Crippen LogP contribution in [0.5, 0.6) is 0 Å². The van der Waals surface area contributed by atoms with Gasteiger partial charge in [-0.25, -0.2) is 4.98 Å². The standard InChI is InChI=1S/C16H24N2S2/c1-5-6-17-8-15-14(7-11(2)3)18-16(20-15)13-10-19-9-12(13)4/h9-11,17H,5-8H2,1-4H3. The maximum atomic E-state index is 4.92. The molecule has 20 heavy (non-hydrogen) atoms. The second-order valence-electron chi connectivity index (χ2n) is 5.63. The van der Waals surface area contributed by atoms with Crippen molar-refractivity contribution in [2.24, 2.45) is 5.92 Å². The summed E-state index contributed by atoms with van der Waals surface area (Å²) in [6.45, 7) is 10.9. The predicted molar refractivity (Wildman–Crippen MR) is 90.7 cm³/mol. The lowest BCUT2D eigenvalue weighted by Crippen LogP contribution is -2.14. The van der Waals surface area contributed by atoms with Gasteiger partial charge in [0.05, 0.1) is 5.69 Å². The summed E-state index contributed by atoms with van der Waals surface area (Å²) in [5, 5.41) is 9.12. The Bertz CT molecular complexity index is 540. The van der Waals surface area contributed by atoms with Crippen LogP contribution in [0.2, 0.25) is 0 Å². The summed E-state index contributed by atoms with van der Waals surface area (Å²) in [5.41, 5.74) is 3.94. The van der Waals surface area contributed by atoms with E-state index < -0.39 is 0 Å². The molecule has 0 aliphatic heterocycles. The van der Waals surface area contributed by atoms with Crippen LogP contribution in [0, 0.1) is 12.8 Å². The molecule has 4 heteroatoms. The van der Waals surface area contributed by atoms with Crippen LogP contribution in [-0.2, 0) is 13.0 Å². The molecule has 0 amide bonds. The first kappa shape index (κ1) is 15.7. The molecule has 0 aliphatic carbocycles. The van der Waals surface area contributed by atoms with Gasteiger partial charge in [-0.05, 0) is 43.2 Å². The maximum absolute atomic E-state index is 4.92. The fraction of sp³-hybridized carbons (Fsp3) is 0.562. The molecule has 0 radical (unpaired) electrons. The van der Waals surface area contributed by atoms with Crippen molar-refractivity contribution in [1.82, 2.24) is 10.3 Å². The van der Waals surface area contributed by atoms with Gasteiger partial charge in [0.2, 0.25) is 0 Å². The number of aromatic nitrogens is 1. The first-order valence-electron chi connectivity index (χ1n) is 7.34. The van der Waals surface area contributed by atoms with E-state index in [1.807, 2.05) is 11.3 Å². The number of aryl methyl sites for hydroxylation is 1. The molecule has 0 unspecified atom stereocenters. The topological polar surface area (TPSA) is 24.9 Å². The lowest BCUT2D eigenvalue weighted by Gasteiger charge is -2.05. The Labute approximate surface area is 130 Å². The summed E-state index contributed by atoms with van der Waals surface area (Å²) >= 11 is 3.62. The second-order valence-corrected chi connectivity index (χ2v) is 7.46. The molecule has 0 atom stereocenters. The van der Waals surface area contributed by atoms with Crippen LogP contribution in [-0.4, -0.2) is 11.5 Å². The Kier molecular flexibility index (Phi) is 5.75. The van der Waals surface area contributed by atoms with Gasteiger partial charge in [0.25, 0.3) is 0 Å². The fourth-order valence-corrected chi connectivity index (χ4v) is 4.19. The molecule has 110 valence electrons. The second kappa shape index (κ2) is 7.34. The Morgan fingerprint density at radius 1 is 1.30 bits per heavy atom. The number of thiophene rings is 1. The van der Waals surface area contributed by atoms with Crippen molar-refractivity contribution in [3.8, 4) is 10.6 Å². The number of nitrogens with zero attached hydrogens (tertiary/aromatic N) is 1. The normalized spacial score (nSPS) is 11.4. The van der Waals surface area contributed by atoms with Crippen LogP contribution in [0.25, 0.3) is 10.6 Å². The molecule has 0 bridgehead atoms. The van der Waals surface area contributed by atoms with Crippen molar-refractivity contribution >= 4 is 22.7 Å². The minimum absolute atomic E-state index is 0.651. The third-order valence-electron chi connectivity index (χ3n) is 3.18. The SMILES string of the molecule is CCCNCc1sc(-c2cscc2C)nc1CC(C)C. The van der Waals surface area contributed by atoms with Crippen LogP contribution in [0.4, 0.5) is 0 Å². The first-order valence-corrected chi connectivity index (χ1v) is 9.10. The van der Waals surface area contributed by atoms with Gasteiger partial charge in [-0.15, -0.1) is 11.3 Å². The maximum Gasteiger partial charge on any atom is 0.125 e. The molecule has 0 spiro atoms. The molecule has 2 nitrogen and oxygen atoms in total. The van der Waals surface area contributed by atoms with Gasteiger partial charge >= 0.3 is 0 Å². The van der Waals surface area contributed by atoms with Crippen molar-refractivity contribution in [3.63, 3.8) is 0 Å². The molecule has 1 N–H and O–H groups in total. The van der Waals surface area contributed by atoms with Crippen molar-refractivity contribution < 1.29 is 0 Å². The molecular formula is C16H24N2S2. The van der Waals surface area contributed by atoms with E-state index >= 15 is 0 Å². The molecule has 2 rings (SSSR count). The van der Waals surface area contributed by atoms with E-state index in [9.17, 15) is 0 Å². The van der Waals surface area contributed by atoms with Gasteiger partial charge in [-0.2, -0.15) is 11.3 Å². The van der Waals surface area contributed by atoms with Crippen LogP contribution >= 0.6 is 22.7 Å². The van der Waals surface area contributed by atoms with Gasteiger partial charge < -0.3 is 5.32 Å². The van der Waals surface area contributed by atoms with Crippen LogP contribution in [0.1, 0.15) is 43.3 Å². The van der Waals surface area contributed by atoms with Crippen molar-refractivity contribution in [2.75, 3.05) is 6.54 Å². The molecule has 2 aromatic heterocycles. The van der Waals surface area contributed by atoms with E-state index in [0.717, 1.165) is 19.5 Å². The minimum Gasteiger partial charge on any atom is -0.312 e. The molecule has 0 saturated heterocycles. The van der Waals surface area contributed by atoms with Gasteiger partial charge in [0, 0.05) is 22.4 Å². The molecular weight excluding hydrogens is 284 g/mol. The number of thiazole rings is 1. The van der Waals surface area contributed by atoms with Gasteiger partial charge in [-0.1, -0.05) is 20.8 Å². The summed E-state index contributed by atoms with van der Waals surface area (Å²) in [6, 6.07) is 0. The average Bonchev–Trinajstić information content (AvgIpc) is 2.96. The quantitative estimate of drug-likeness (QED) is 0.738. The lowest BCUT2D eigenvalue weighted by atomic mass is 10.1. The van der Waals surface area contributed by atoms with Gasteiger partial charge in [0.1, 0.15) is 5.01 Å². The first-order chi connectivity index (χ1) is 9.61. The highest BCUT2D eigenvalue weighted by Crippen LogP contribution is 2.33. The zero-order valence-corrected chi connectivity index (χ0v) is 14.5. The number of hydrogen-bond donors (Lipinski definition) is 1.